The highest BCUT2D eigenvalue weighted by molar-refractivity contribution is 5.43. The predicted molar refractivity (Wildman–Crippen MR) is 82.7 cm³/mol. The van der Waals surface area contributed by atoms with Crippen LogP contribution in [0.3, 0.4) is 0 Å². The van der Waals surface area contributed by atoms with Crippen LogP contribution in [0.5, 0.6) is 0 Å². The largest absolute Gasteiger partial charge is 0.389 e. The molecule has 0 radical (unpaired) electrons. The molecule has 20 heavy (non-hydrogen) atoms. The minimum Gasteiger partial charge on any atom is -0.389 e. The van der Waals surface area contributed by atoms with E-state index in [0.717, 1.165) is 38.5 Å². The third kappa shape index (κ3) is 1.93. The molecule has 2 heteroatoms. The van der Waals surface area contributed by atoms with Crippen molar-refractivity contribution in [2.75, 3.05) is 6.54 Å². The van der Waals surface area contributed by atoms with Crippen LogP contribution in [0.1, 0.15) is 57.1 Å². The predicted octanol–water partition coefficient (Wildman–Crippen LogP) is 3.16. The Hall–Kier alpha value is -0.860. The Bertz CT molecular complexity index is 498. The van der Waals surface area contributed by atoms with Gasteiger partial charge in [-0.15, -0.1) is 0 Å². The van der Waals surface area contributed by atoms with Gasteiger partial charge in [0.1, 0.15) is 0 Å². The van der Waals surface area contributed by atoms with E-state index in [4.69, 9.17) is 5.73 Å². The molecule has 1 aromatic carbocycles. The third-order valence-corrected chi connectivity index (χ3v) is 6.02. The molecule has 1 atom stereocenters. The van der Waals surface area contributed by atoms with E-state index in [2.05, 4.69) is 38.1 Å². The highest BCUT2D eigenvalue weighted by Gasteiger charge is 2.55. The van der Waals surface area contributed by atoms with Gasteiger partial charge < -0.3 is 10.8 Å². The van der Waals surface area contributed by atoms with E-state index in [1.807, 2.05) is 0 Å². The molecular weight excluding hydrogens is 246 g/mol. The molecule has 0 heterocycles. The molecule has 0 aromatic heterocycles. The van der Waals surface area contributed by atoms with Crippen molar-refractivity contribution >= 4 is 0 Å². The third-order valence-electron chi connectivity index (χ3n) is 6.02. The molecule has 2 nitrogen and oxygen atoms in total. The first kappa shape index (κ1) is 14.1. The van der Waals surface area contributed by atoms with Gasteiger partial charge in [-0.2, -0.15) is 0 Å². The average molecular weight is 273 g/mol. The quantitative estimate of drug-likeness (QED) is 0.869. The molecular formula is C18H27NO. The second-order valence-corrected chi connectivity index (χ2v) is 7.64. The van der Waals surface area contributed by atoms with Crippen molar-refractivity contribution in [3.8, 4) is 0 Å². The first-order chi connectivity index (χ1) is 9.43. The minimum atomic E-state index is -0.621. The summed E-state index contributed by atoms with van der Waals surface area (Å²) in [6.45, 7) is 5.18. The molecule has 2 aliphatic rings. The second kappa shape index (κ2) is 4.57. The molecule has 1 fully saturated rings. The van der Waals surface area contributed by atoms with Gasteiger partial charge in [0.05, 0.1) is 5.60 Å². The maximum atomic E-state index is 11.4. The van der Waals surface area contributed by atoms with Crippen molar-refractivity contribution in [1.29, 1.82) is 0 Å². The smallest absolute Gasteiger partial charge is 0.0756 e. The molecule has 2 aliphatic carbocycles. The number of aryl methyl sites for hydroxylation is 1. The Morgan fingerprint density at radius 3 is 2.35 bits per heavy atom. The van der Waals surface area contributed by atoms with Crippen LogP contribution in [0.4, 0.5) is 0 Å². The molecule has 0 aliphatic heterocycles. The maximum Gasteiger partial charge on any atom is 0.0756 e. The lowest BCUT2D eigenvalue weighted by Crippen LogP contribution is -2.57. The number of aliphatic hydroxyl groups is 1. The summed E-state index contributed by atoms with van der Waals surface area (Å²) in [4.78, 5) is 0. The molecule has 0 saturated heterocycles. The number of nitrogens with two attached hydrogens (primary N) is 1. The van der Waals surface area contributed by atoms with Gasteiger partial charge in [0.2, 0.25) is 0 Å². The van der Waals surface area contributed by atoms with E-state index in [1.54, 1.807) is 0 Å². The standard InChI is InChI=1S/C18H27NO/c1-16(2)9-11-18(20,12-10-16)17(13-19)8-7-14-5-3-4-6-15(14)17/h3-6,20H,7-13,19H2,1-2H3. The zero-order valence-electron chi connectivity index (χ0n) is 12.8. The minimum absolute atomic E-state index is 0.222. The summed E-state index contributed by atoms with van der Waals surface area (Å²) in [5.41, 5.74) is 8.42. The van der Waals surface area contributed by atoms with Crippen LogP contribution < -0.4 is 5.73 Å². The highest BCUT2D eigenvalue weighted by Crippen LogP contribution is 2.53. The molecule has 0 bridgehead atoms. The second-order valence-electron chi connectivity index (χ2n) is 7.64. The molecule has 0 amide bonds. The Kier molecular flexibility index (Phi) is 3.22. The van der Waals surface area contributed by atoms with Gasteiger partial charge in [0.15, 0.2) is 0 Å². The SMILES string of the molecule is CC1(C)CCC(O)(C2(CN)CCc3ccccc32)CC1. The van der Waals surface area contributed by atoms with Crippen LogP contribution in [0.2, 0.25) is 0 Å². The van der Waals surface area contributed by atoms with Crippen LogP contribution in [-0.4, -0.2) is 17.3 Å². The summed E-state index contributed by atoms with van der Waals surface area (Å²) >= 11 is 0. The van der Waals surface area contributed by atoms with E-state index in [1.165, 1.54) is 11.1 Å². The number of rotatable bonds is 2. The number of benzene rings is 1. The summed E-state index contributed by atoms with van der Waals surface area (Å²) in [6, 6.07) is 8.57. The number of hydrogen-bond acceptors (Lipinski definition) is 2. The van der Waals surface area contributed by atoms with Crippen LogP contribution in [0, 0.1) is 5.41 Å². The van der Waals surface area contributed by atoms with E-state index in [-0.39, 0.29) is 5.41 Å². The Balaban J connectivity index is 1.99. The maximum absolute atomic E-state index is 11.4. The van der Waals surface area contributed by atoms with Crippen molar-refractivity contribution in [3.05, 3.63) is 35.4 Å². The fourth-order valence-corrected chi connectivity index (χ4v) is 4.39. The fraction of sp³-hybridized carbons (Fsp3) is 0.667. The van der Waals surface area contributed by atoms with Gasteiger partial charge in [0, 0.05) is 12.0 Å². The lowest BCUT2D eigenvalue weighted by Gasteiger charge is -2.51. The Morgan fingerprint density at radius 1 is 1.05 bits per heavy atom. The Morgan fingerprint density at radius 2 is 1.70 bits per heavy atom. The van der Waals surface area contributed by atoms with Crippen LogP contribution in [0.15, 0.2) is 24.3 Å². The summed E-state index contributed by atoms with van der Waals surface area (Å²) in [6.07, 6.45) is 6.00. The van der Waals surface area contributed by atoms with E-state index < -0.39 is 5.60 Å². The molecule has 3 N–H and O–H groups in total. The van der Waals surface area contributed by atoms with E-state index in [9.17, 15) is 5.11 Å². The van der Waals surface area contributed by atoms with Gasteiger partial charge in [-0.25, -0.2) is 0 Å². The monoisotopic (exact) mass is 273 g/mol. The normalized spacial score (nSPS) is 31.0. The van der Waals surface area contributed by atoms with Crippen molar-refractivity contribution in [2.24, 2.45) is 11.1 Å². The zero-order valence-corrected chi connectivity index (χ0v) is 12.8. The Labute approximate surface area is 122 Å². The van der Waals surface area contributed by atoms with E-state index >= 15 is 0 Å². The fourth-order valence-electron chi connectivity index (χ4n) is 4.39. The highest BCUT2D eigenvalue weighted by atomic mass is 16.3. The lowest BCUT2D eigenvalue weighted by atomic mass is 9.58. The van der Waals surface area contributed by atoms with Crippen LogP contribution in [-0.2, 0) is 11.8 Å². The number of hydrogen-bond donors (Lipinski definition) is 2. The average Bonchev–Trinajstić information content (AvgIpc) is 2.83. The first-order valence-corrected chi connectivity index (χ1v) is 7.93. The van der Waals surface area contributed by atoms with Gasteiger partial charge >= 0.3 is 0 Å². The van der Waals surface area contributed by atoms with Crippen LogP contribution in [0.25, 0.3) is 0 Å². The summed E-state index contributed by atoms with van der Waals surface area (Å²) in [5.74, 6) is 0. The van der Waals surface area contributed by atoms with Crippen molar-refractivity contribution in [3.63, 3.8) is 0 Å². The molecule has 1 saturated carbocycles. The van der Waals surface area contributed by atoms with Crippen LogP contribution >= 0.6 is 0 Å². The van der Waals surface area contributed by atoms with E-state index in [0.29, 0.717) is 12.0 Å². The molecule has 1 unspecified atom stereocenters. The van der Waals surface area contributed by atoms with Crippen molar-refractivity contribution < 1.29 is 5.11 Å². The summed E-state index contributed by atoms with van der Waals surface area (Å²) in [7, 11) is 0. The topological polar surface area (TPSA) is 46.2 Å². The zero-order chi connectivity index (χ0) is 14.4. The van der Waals surface area contributed by atoms with Crippen molar-refractivity contribution in [1.82, 2.24) is 0 Å². The molecule has 1 aromatic rings. The van der Waals surface area contributed by atoms with Crippen molar-refractivity contribution in [2.45, 2.75) is 63.4 Å². The molecule has 0 spiro atoms. The summed E-state index contributed by atoms with van der Waals surface area (Å²) in [5, 5.41) is 11.4. The van der Waals surface area contributed by atoms with Gasteiger partial charge in [0.25, 0.3) is 0 Å². The summed E-state index contributed by atoms with van der Waals surface area (Å²) < 4.78 is 0. The first-order valence-electron chi connectivity index (χ1n) is 7.93. The van der Waals surface area contributed by atoms with Gasteiger partial charge in [-0.05, 0) is 55.1 Å². The lowest BCUT2D eigenvalue weighted by molar-refractivity contribution is -0.0860. The molecule has 3 rings (SSSR count). The number of fused-ring (bicyclic) bond motifs is 1. The van der Waals surface area contributed by atoms with Gasteiger partial charge in [-0.1, -0.05) is 38.1 Å². The molecule has 110 valence electrons. The van der Waals surface area contributed by atoms with Gasteiger partial charge in [-0.3, -0.25) is 0 Å².